The predicted octanol–water partition coefficient (Wildman–Crippen LogP) is 5.46. The minimum atomic E-state index is -0.117. The smallest absolute Gasteiger partial charge is 0.255 e. The van der Waals surface area contributed by atoms with Gasteiger partial charge in [0.2, 0.25) is 0 Å². The van der Waals surface area contributed by atoms with Gasteiger partial charge in [-0.3, -0.25) is 4.79 Å². The molecule has 1 aromatic heterocycles. The molecule has 0 unspecified atom stereocenters. The Kier molecular flexibility index (Phi) is 3.35. The maximum atomic E-state index is 12.6. The van der Waals surface area contributed by atoms with Gasteiger partial charge in [0, 0.05) is 22.0 Å². The number of amides is 1. The third-order valence-corrected chi connectivity index (χ3v) is 4.27. The minimum Gasteiger partial charge on any atom is -0.456 e. The minimum absolute atomic E-state index is 0.117. The van der Waals surface area contributed by atoms with Crippen LogP contribution in [0.5, 0.6) is 0 Å². The third kappa shape index (κ3) is 2.44. The molecule has 3 nitrogen and oxygen atoms in total. The van der Waals surface area contributed by atoms with Gasteiger partial charge in [0.05, 0.1) is 0 Å². The Bertz CT molecular complexity index is 1080. The van der Waals surface area contributed by atoms with Crippen molar-refractivity contribution in [3.05, 3.63) is 77.4 Å². The van der Waals surface area contributed by atoms with Crippen LogP contribution in [0.15, 0.2) is 65.1 Å². The molecule has 0 aliphatic rings. The van der Waals surface area contributed by atoms with Gasteiger partial charge >= 0.3 is 0 Å². The summed E-state index contributed by atoms with van der Waals surface area (Å²) in [5, 5.41) is 4.97. The molecule has 0 spiro atoms. The Balaban J connectivity index is 1.72. The molecule has 0 bridgehead atoms. The Labute approximate surface area is 139 Å². The van der Waals surface area contributed by atoms with Crippen molar-refractivity contribution < 1.29 is 9.21 Å². The van der Waals surface area contributed by atoms with Gasteiger partial charge in [-0.05, 0) is 49.7 Å². The molecule has 3 heteroatoms. The van der Waals surface area contributed by atoms with Crippen LogP contribution in [-0.2, 0) is 0 Å². The summed E-state index contributed by atoms with van der Waals surface area (Å²) < 4.78 is 5.81. The number of benzene rings is 3. The first-order chi connectivity index (χ1) is 11.6. The van der Waals surface area contributed by atoms with Crippen molar-refractivity contribution in [1.29, 1.82) is 0 Å². The fraction of sp³-hybridized carbons (Fsp3) is 0.0952. The number of fused-ring (bicyclic) bond motifs is 3. The van der Waals surface area contributed by atoms with Crippen molar-refractivity contribution in [2.24, 2.45) is 0 Å². The number of carbonyl (C=O) groups excluding carboxylic acids is 1. The van der Waals surface area contributed by atoms with Crippen molar-refractivity contribution in [3.63, 3.8) is 0 Å². The molecule has 24 heavy (non-hydrogen) atoms. The molecule has 1 amide bonds. The maximum Gasteiger partial charge on any atom is 0.255 e. The molecule has 118 valence electrons. The largest absolute Gasteiger partial charge is 0.456 e. The number of hydrogen-bond acceptors (Lipinski definition) is 2. The van der Waals surface area contributed by atoms with Crippen molar-refractivity contribution in [1.82, 2.24) is 0 Å². The average Bonchev–Trinajstić information content (AvgIpc) is 2.95. The van der Waals surface area contributed by atoms with Crippen molar-refractivity contribution >= 4 is 33.5 Å². The molecule has 0 atom stereocenters. The van der Waals surface area contributed by atoms with E-state index in [0.717, 1.165) is 33.2 Å². The summed E-state index contributed by atoms with van der Waals surface area (Å²) in [5.41, 5.74) is 5.31. The molecule has 1 heterocycles. The van der Waals surface area contributed by atoms with Crippen LogP contribution in [0.3, 0.4) is 0 Å². The van der Waals surface area contributed by atoms with Crippen molar-refractivity contribution in [2.45, 2.75) is 13.8 Å². The molecular weight excluding hydrogens is 298 g/mol. The normalized spacial score (nSPS) is 11.1. The van der Waals surface area contributed by atoms with E-state index < -0.39 is 0 Å². The van der Waals surface area contributed by atoms with E-state index in [0.29, 0.717) is 5.56 Å². The van der Waals surface area contributed by atoms with Gasteiger partial charge in [0.25, 0.3) is 5.91 Å². The Morgan fingerprint density at radius 2 is 1.67 bits per heavy atom. The number of rotatable bonds is 2. The van der Waals surface area contributed by atoms with E-state index in [1.807, 2.05) is 62.4 Å². The van der Waals surface area contributed by atoms with E-state index in [-0.39, 0.29) is 5.91 Å². The first kappa shape index (κ1) is 14.5. The highest BCUT2D eigenvalue weighted by molar-refractivity contribution is 6.11. The number of furan rings is 1. The highest BCUT2D eigenvalue weighted by Crippen LogP contribution is 2.29. The van der Waals surface area contributed by atoms with Gasteiger partial charge < -0.3 is 9.73 Å². The summed E-state index contributed by atoms with van der Waals surface area (Å²) in [6.45, 7) is 4.03. The zero-order valence-corrected chi connectivity index (χ0v) is 13.6. The van der Waals surface area contributed by atoms with Crippen LogP contribution in [0.25, 0.3) is 21.9 Å². The summed E-state index contributed by atoms with van der Waals surface area (Å²) >= 11 is 0. The second-order valence-corrected chi connectivity index (χ2v) is 6.08. The highest BCUT2D eigenvalue weighted by atomic mass is 16.3. The Hall–Kier alpha value is -3.07. The van der Waals surface area contributed by atoms with Crippen molar-refractivity contribution in [2.75, 3.05) is 5.32 Å². The summed E-state index contributed by atoms with van der Waals surface area (Å²) in [6, 6.07) is 19.4. The first-order valence-corrected chi connectivity index (χ1v) is 7.92. The predicted molar refractivity (Wildman–Crippen MR) is 97.6 cm³/mol. The second-order valence-electron chi connectivity index (χ2n) is 6.08. The van der Waals surface area contributed by atoms with E-state index in [1.54, 1.807) is 6.07 Å². The number of nitrogens with one attached hydrogen (secondary N) is 1. The monoisotopic (exact) mass is 315 g/mol. The molecular formula is C21H17NO2. The van der Waals surface area contributed by atoms with Crippen LogP contribution in [0.2, 0.25) is 0 Å². The van der Waals surface area contributed by atoms with Gasteiger partial charge in [0.15, 0.2) is 0 Å². The number of para-hydroxylation sites is 1. The molecule has 4 aromatic rings. The summed E-state index contributed by atoms with van der Waals surface area (Å²) in [5.74, 6) is -0.117. The van der Waals surface area contributed by atoms with Crippen LogP contribution in [0.4, 0.5) is 5.69 Å². The number of aryl methyl sites for hydroxylation is 2. The number of carbonyl (C=O) groups is 1. The average molecular weight is 315 g/mol. The molecule has 0 saturated carbocycles. The van der Waals surface area contributed by atoms with E-state index >= 15 is 0 Å². The molecule has 0 radical (unpaired) electrons. The lowest BCUT2D eigenvalue weighted by atomic mass is 10.1. The van der Waals surface area contributed by atoms with Crippen molar-refractivity contribution in [3.8, 4) is 0 Å². The zero-order valence-electron chi connectivity index (χ0n) is 13.6. The first-order valence-electron chi connectivity index (χ1n) is 7.92. The van der Waals surface area contributed by atoms with Gasteiger partial charge in [-0.25, -0.2) is 0 Å². The number of anilines is 1. The van der Waals surface area contributed by atoms with Crippen LogP contribution in [0.1, 0.15) is 21.5 Å². The molecule has 3 aromatic carbocycles. The Morgan fingerprint density at radius 3 is 2.50 bits per heavy atom. The fourth-order valence-electron chi connectivity index (χ4n) is 3.02. The van der Waals surface area contributed by atoms with Crippen LogP contribution < -0.4 is 5.32 Å². The summed E-state index contributed by atoms with van der Waals surface area (Å²) in [6.07, 6.45) is 0. The van der Waals surface area contributed by atoms with Gasteiger partial charge in [-0.1, -0.05) is 35.9 Å². The van der Waals surface area contributed by atoms with Crippen LogP contribution in [0, 0.1) is 13.8 Å². The van der Waals surface area contributed by atoms with Gasteiger partial charge in [-0.2, -0.15) is 0 Å². The molecule has 0 saturated heterocycles. The number of hydrogen-bond donors (Lipinski definition) is 1. The summed E-state index contributed by atoms with van der Waals surface area (Å²) in [4.78, 5) is 12.6. The Morgan fingerprint density at radius 1 is 0.875 bits per heavy atom. The lowest BCUT2D eigenvalue weighted by molar-refractivity contribution is 0.102. The molecule has 4 rings (SSSR count). The lowest BCUT2D eigenvalue weighted by Gasteiger charge is -2.09. The molecule has 1 N–H and O–H groups in total. The van der Waals surface area contributed by atoms with Gasteiger partial charge in [0.1, 0.15) is 11.2 Å². The SMILES string of the molecule is Cc1ccc(NC(=O)c2ccc3oc4ccccc4c3c2)c(C)c1. The molecule has 0 fully saturated rings. The maximum absolute atomic E-state index is 12.6. The fourth-order valence-corrected chi connectivity index (χ4v) is 3.02. The zero-order chi connectivity index (χ0) is 16.7. The second kappa shape index (κ2) is 5.53. The van der Waals surface area contributed by atoms with Crippen LogP contribution in [-0.4, -0.2) is 5.91 Å². The third-order valence-electron chi connectivity index (χ3n) is 4.27. The quantitative estimate of drug-likeness (QED) is 0.534. The van der Waals surface area contributed by atoms with E-state index in [9.17, 15) is 4.79 Å². The van der Waals surface area contributed by atoms with E-state index in [2.05, 4.69) is 11.4 Å². The van der Waals surface area contributed by atoms with E-state index in [4.69, 9.17) is 4.42 Å². The van der Waals surface area contributed by atoms with Gasteiger partial charge in [-0.15, -0.1) is 0 Å². The van der Waals surface area contributed by atoms with Crippen LogP contribution >= 0.6 is 0 Å². The molecule has 0 aliphatic heterocycles. The highest BCUT2D eigenvalue weighted by Gasteiger charge is 2.12. The molecule has 0 aliphatic carbocycles. The van der Waals surface area contributed by atoms with E-state index in [1.165, 1.54) is 5.56 Å². The summed E-state index contributed by atoms with van der Waals surface area (Å²) in [7, 11) is 0. The lowest BCUT2D eigenvalue weighted by Crippen LogP contribution is -2.12. The standard InChI is InChI=1S/C21H17NO2/c1-13-7-9-18(14(2)11-13)22-21(23)15-8-10-20-17(12-15)16-5-3-4-6-19(16)24-20/h3-12H,1-2H3,(H,22,23). The topological polar surface area (TPSA) is 42.2 Å².